The smallest absolute Gasteiger partial charge is 0.215 e. The number of hydrogen-bond acceptors (Lipinski definition) is 2. The number of rotatable bonds is 4. The lowest BCUT2D eigenvalue weighted by atomic mass is 10.4. The lowest BCUT2D eigenvalue weighted by Crippen LogP contribution is -2.26. The molecule has 0 aromatic rings. The molecule has 0 amide bonds. The van der Waals surface area contributed by atoms with Crippen LogP contribution in [0.2, 0.25) is 0 Å². The van der Waals surface area contributed by atoms with E-state index in [1.165, 1.54) is 6.26 Å². The van der Waals surface area contributed by atoms with Crippen LogP contribution >= 0.6 is 23.5 Å². The quantitative estimate of drug-likeness (QED) is 0.678. The van der Waals surface area contributed by atoms with E-state index < -0.39 is 11.4 Å². The number of hydrogen-bond donors (Lipinski definition) is 0. The fraction of sp³-hybridized carbons (Fsp3) is 0.714. The Hall–Kier alpha value is 0.160. The molecule has 0 heterocycles. The van der Waals surface area contributed by atoms with Gasteiger partial charge >= 0.3 is 6.18 Å². The van der Waals surface area contributed by atoms with Gasteiger partial charge in [0.05, 0.1) is 6.33 Å². The van der Waals surface area contributed by atoms with Gasteiger partial charge in [0.1, 0.15) is 5.25 Å². The van der Waals surface area contributed by atoms with Crippen molar-refractivity contribution in [3.63, 3.8) is 0 Å². The summed E-state index contributed by atoms with van der Waals surface area (Å²) >= 11 is 1.48. The minimum Gasteiger partial charge on any atom is -0.215 e. The maximum Gasteiger partial charge on any atom is 0.405 e. The molecule has 0 radical (unpaired) electrons. The Balaban J connectivity index is 4.55. The molecule has 0 N–H and O–H groups in total. The van der Waals surface area contributed by atoms with Crippen molar-refractivity contribution in [3.05, 3.63) is 11.2 Å². The van der Waals surface area contributed by atoms with Crippen LogP contribution in [0.3, 0.4) is 0 Å². The van der Waals surface area contributed by atoms with Crippen LogP contribution in [-0.4, -0.2) is 23.4 Å². The highest BCUT2D eigenvalue weighted by Crippen LogP contribution is 2.38. The zero-order chi connectivity index (χ0) is 10.5. The van der Waals surface area contributed by atoms with Crippen LogP contribution < -0.4 is 0 Å². The highest BCUT2D eigenvalue weighted by Gasteiger charge is 2.41. The van der Waals surface area contributed by atoms with Gasteiger partial charge in [0.25, 0.3) is 0 Å². The molecular formula is C7H10F4S2. The normalized spacial score (nSPS) is 16.0. The van der Waals surface area contributed by atoms with E-state index in [4.69, 9.17) is 0 Å². The average Bonchev–Trinajstić information content (AvgIpc) is 2.01. The molecule has 1 unspecified atom stereocenters. The van der Waals surface area contributed by atoms with Gasteiger partial charge in [-0.2, -0.15) is 13.2 Å². The summed E-state index contributed by atoms with van der Waals surface area (Å²) in [5, 5.41) is -1.73. The Morgan fingerprint density at radius 3 is 2.23 bits per heavy atom. The molecule has 0 bridgehead atoms. The van der Waals surface area contributed by atoms with Gasteiger partial charge in [-0.1, -0.05) is 6.92 Å². The number of thioether (sulfide) groups is 2. The SMILES string of the molecule is CCSC(=CF)C(SC)C(F)(F)F. The molecule has 0 spiro atoms. The van der Waals surface area contributed by atoms with Crippen molar-refractivity contribution in [1.29, 1.82) is 0 Å². The lowest BCUT2D eigenvalue weighted by Gasteiger charge is -2.19. The summed E-state index contributed by atoms with van der Waals surface area (Å²) in [6, 6.07) is 0. The molecule has 0 saturated heterocycles. The predicted octanol–water partition coefficient (Wildman–Crippen LogP) is 3.84. The van der Waals surface area contributed by atoms with E-state index in [0.717, 1.165) is 11.8 Å². The number of halogens is 4. The Bertz CT molecular complexity index is 176. The third-order valence-electron chi connectivity index (χ3n) is 1.21. The van der Waals surface area contributed by atoms with Gasteiger partial charge in [0.2, 0.25) is 0 Å². The highest BCUT2D eigenvalue weighted by atomic mass is 32.2. The molecule has 0 saturated carbocycles. The Kier molecular flexibility index (Phi) is 5.87. The van der Waals surface area contributed by atoms with Crippen molar-refractivity contribution in [1.82, 2.24) is 0 Å². The van der Waals surface area contributed by atoms with Crippen LogP contribution in [-0.2, 0) is 0 Å². The molecule has 0 nitrogen and oxygen atoms in total. The van der Waals surface area contributed by atoms with E-state index in [1.54, 1.807) is 6.92 Å². The van der Waals surface area contributed by atoms with Gasteiger partial charge in [-0.25, -0.2) is 4.39 Å². The second-order valence-electron chi connectivity index (χ2n) is 2.10. The fourth-order valence-corrected chi connectivity index (χ4v) is 2.47. The molecule has 13 heavy (non-hydrogen) atoms. The summed E-state index contributed by atoms with van der Waals surface area (Å²) in [5.74, 6) is 0.433. The van der Waals surface area contributed by atoms with Crippen LogP contribution in [0, 0.1) is 0 Å². The Labute approximate surface area is 83.1 Å². The van der Waals surface area contributed by atoms with Crippen LogP contribution in [0.5, 0.6) is 0 Å². The van der Waals surface area contributed by atoms with E-state index in [9.17, 15) is 17.6 Å². The summed E-state index contributed by atoms with van der Waals surface area (Å²) < 4.78 is 48.8. The fourth-order valence-electron chi connectivity index (χ4n) is 0.742. The van der Waals surface area contributed by atoms with Crippen molar-refractivity contribution in [2.45, 2.75) is 18.3 Å². The largest absolute Gasteiger partial charge is 0.405 e. The Morgan fingerprint density at radius 1 is 1.46 bits per heavy atom. The molecular weight excluding hydrogens is 224 g/mol. The molecule has 6 heteroatoms. The minimum atomic E-state index is -4.38. The summed E-state index contributed by atoms with van der Waals surface area (Å²) in [6.45, 7) is 1.68. The third-order valence-corrected chi connectivity index (χ3v) is 3.30. The monoisotopic (exact) mass is 234 g/mol. The van der Waals surface area contributed by atoms with Crippen LogP contribution in [0.25, 0.3) is 0 Å². The van der Waals surface area contributed by atoms with Gasteiger partial charge in [-0.3, -0.25) is 0 Å². The van der Waals surface area contributed by atoms with E-state index >= 15 is 0 Å². The first-order valence-corrected chi connectivity index (χ1v) is 5.77. The molecule has 0 rings (SSSR count). The zero-order valence-electron chi connectivity index (χ0n) is 7.19. The minimum absolute atomic E-state index is 0.0445. The third kappa shape index (κ3) is 4.26. The first kappa shape index (κ1) is 13.2. The van der Waals surface area contributed by atoms with Crippen LogP contribution in [0.4, 0.5) is 17.6 Å². The average molecular weight is 234 g/mol. The molecule has 0 aromatic heterocycles. The standard InChI is InChI=1S/C7H10F4S2/c1-3-13-5(4-8)6(12-2)7(9,10)11/h4,6H,3H2,1-2H3. The number of alkyl halides is 3. The van der Waals surface area contributed by atoms with Crippen LogP contribution in [0.1, 0.15) is 6.92 Å². The lowest BCUT2D eigenvalue weighted by molar-refractivity contribution is -0.120. The summed E-state index contributed by atoms with van der Waals surface area (Å²) in [4.78, 5) is -0.262. The summed E-state index contributed by atoms with van der Waals surface area (Å²) in [6.07, 6.45) is -3.01. The van der Waals surface area contributed by atoms with Gasteiger partial charge < -0.3 is 0 Å². The van der Waals surface area contributed by atoms with Crippen LogP contribution in [0.15, 0.2) is 11.2 Å². The molecule has 1 atom stereocenters. The molecule has 0 aliphatic rings. The van der Waals surface area contributed by atoms with E-state index in [1.807, 2.05) is 0 Å². The molecule has 0 aromatic carbocycles. The summed E-state index contributed by atoms with van der Waals surface area (Å²) in [5.41, 5.74) is 0. The first-order valence-electron chi connectivity index (χ1n) is 3.50. The van der Waals surface area contributed by atoms with E-state index in [0.29, 0.717) is 17.5 Å². The Morgan fingerprint density at radius 2 is 2.00 bits per heavy atom. The van der Waals surface area contributed by atoms with Crippen molar-refractivity contribution in [3.8, 4) is 0 Å². The molecule has 0 aliphatic heterocycles. The maximum absolute atomic E-state index is 12.2. The second-order valence-corrected chi connectivity index (χ2v) is 4.38. The van der Waals surface area contributed by atoms with Gasteiger partial charge in [-0.05, 0) is 12.0 Å². The topological polar surface area (TPSA) is 0 Å². The first-order chi connectivity index (χ1) is 5.97. The van der Waals surface area contributed by atoms with Crippen molar-refractivity contribution in [2.75, 3.05) is 12.0 Å². The van der Waals surface area contributed by atoms with Gasteiger partial charge in [0.15, 0.2) is 0 Å². The van der Waals surface area contributed by atoms with E-state index in [-0.39, 0.29) is 11.2 Å². The predicted molar refractivity (Wildman–Crippen MR) is 50.7 cm³/mol. The second kappa shape index (κ2) is 5.80. The van der Waals surface area contributed by atoms with E-state index in [2.05, 4.69) is 0 Å². The molecule has 0 aliphatic carbocycles. The van der Waals surface area contributed by atoms with Crippen molar-refractivity contribution in [2.24, 2.45) is 0 Å². The van der Waals surface area contributed by atoms with Gasteiger partial charge in [0, 0.05) is 4.91 Å². The van der Waals surface area contributed by atoms with Gasteiger partial charge in [-0.15, -0.1) is 23.5 Å². The maximum atomic E-state index is 12.2. The molecule has 78 valence electrons. The van der Waals surface area contributed by atoms with Crippen molar-refractivity contribution < 1.29 is 17.6 Å². The summed E-state index contributed by atoms with van der Waals surface area (Å²) in [7, 11) is 0. The zero-order valence-corrected chi connectivity index (χ0v) is 8.82. The highest BCUT2D eigenvalue weighted by molar-refractivity contribution is 8.06. The van der Waals surface area contributed by atoms with Crippen molar-refractivity contribution >= 4 is 23.5 Å². The molecule has 0 fully saturated rings.